The molecule has 0 bridgehead atoms. The van der Waals surface area contributed by atoms with Crippen LogP contribution in [-0.2, 0) is 10.8 Å². The first-order valence-corrected chi connectivity index (χ1v) is 19.3. The number of hydrogen-bond donors (Lipinski definition) is 0. The van der Waals surface area contributed by atoms with Crippen molar-refractivity contribution in [3.05, 3.63) is 210 Å². The summed E-state index contributed by atoms with van der Waals surface area (Å²) in [5, 5.41) is 2.28. The van der Waals surface area contributed by atoms with Gasteiger partial charge in [-0.25, -0.2) is 0 Å². The molecule has 55 heavy (non-hydrogen) atoms. The van der Waals surface area contributed by atoms with Crippen LogP contribution in [-0.4, -0.2) is 0 Å². The number of rotatable bonds is 5. The average molecular weight is 706 g/mol. The monoisotopic (exact) mass is 705 g/mol. The van der Waals surface area contributed by atoms with Crippen LogP contribution in [0.3, 0.4) is 0 Å². The minimum absolute atomic E-state index is 0.0731. The normalized spacial score (nSPS) is 14.4. The molecule has 11 rings (SSSR count). The van der Waals surface area contributed by atoms with Crippen LogP contribution in [0.4, 0.5) is 17.1 Å². The number of furan rings is 1. The van der Waals surface area contributed by atoms with Gasteiger partial charge < -0.3 is 9.32 Å². The third-order valence-electron chi connectivity index (χ3n) is 12.6. The number of anilines is 3. The lowest BCUT2D eigenvalue weighted by Gasteiger charge is -2.28. The molecule has 9 aromatic rings. The number of nitrogens with zero attached hydrogens (tertiary/aromatic N) is 1. The molecule has 1 aromatic heterocycles. The molecule has 0 unspecified atom stereocenters. The summed E-state index contributed by atoms with van der Waals surface area (Å²) >= 11 is 0. The van der Waals surface area contributed by atoms with Crippen molar-refractivity contribution in [1.29, 1.82) is 0 Å². The van der Waals surface area contributed by atoms with Crippen LogP contribution in [0.15, 0.2) is 186 Å². The Labute approximate surface area is 322 Å². The van der Waals surface area contributed by atoms with Crippen LogP contribution in [0, 0.1) is 0 Å². The molecule has 0 atom stereocenters. The van der Waals surface area contributed by atoms with E-state index >= 15 is 0 Å². The molecule has 0 saturated heterocycles. The van der Waals surface area contributed by atoms with Gasteiger partial charge in [-0.05, 0) is 123 Å². The molecule has 0 N–H and O–H groups in total. The lowest BCUT2D eigenvalue weighted by atomic mass is 9.74. The van der Waals surface area contributed by atoms with Gasteiger partial charge in [0.25, 0.3) is 0 Å². The van der Waals surface area contributed by atoms with Gasteiger partial charge in [0.15, 0.2) is 0 Å². The van der Waals surface area contributed by atoms with Crippen molar-refractivity contribution in [1.82, 2.24) is 0 Å². The van der Waals surface area contributed by atoms with E-state index in [1.54, 1.807) is 0 Å². The highest BCUT2D eigenvalue weighted by atomic mass is 16.3. The first-order valence-electron chi connectivity index (χ1n) is 19.3. The molecular formula is C53H39NO. The van der Waals surface area contributed by atoms with Crippen molar-refractivity contribution < 1.29 is 4.42 Å². The van der Waals surface area contributed by atoms with Crippen LogP contribution in [0.2, 0.25) is 0 Å². The molecule has 2 aliphatic carbocycles. The highest BCUT2D eigenvalue weighted by Gasteiger charge is 2.41. The van der Waals surface area contributed by atoms with Crippen LogP contribution in [0.5, 0.6) is 0 Å². The summed E-state index contributed by atoms with van der Waals surface area (Å²) in [4.78, 5) is 2.37. The zero-order valence-electron chi connectivity index (χ0n) is 31.2. The largest absolute Gasteiger partial charge is 0.456 e. The second kappa shape index (κ2) is 11.7. The highest BCUT2D eigenvalue weighted by molar-refractivity contribution is 6.06. The molecule has 0 fully saturated rings. The summed E-state index contributed by atoms with van der Waals surface area (Å²) in [6.07, 6.45) is 0. The van der Waals surface area contributed by atoms with Crippen molar-refractivity contribution in [3.63, 3.8) is 0 Å². The standard InChI is InChI=1S/C53H39NO/c1-52(2)46-18-10-7-15-40(46)43-30-27-39(33-49(43)52)54(37-13-5-4-6-14-37)38-25-21-34(22-26-38)35-23-28-44-45-29-24-36(32-51(45)55-50(44)31-35)53(3)47-19-11-8-16-41(47)42-17-9-12-20-48(42)53/h4-33H,1-3H3. The molecule has 0 radical (unpaired) electrons. The Hall–Kier alpha value is -6.64. The summed E-state index contributed by atoms with van der Waals surface area (Å²) in [6.45, 7) is 7.04. The first-order chi connectivity index (χ1) is 26.9. The Bertz CT molecular complexity index is 2920. The van der Waals surface area contributed by atoms with E-state index in [2.05, 4.69) is 208 Å². The molecule has 8 aromatic carbocycles. The lowest BCUT2D eigenvalue weighted by Crippen LogP contribution is -2.22. The van der Waals surface area contributed by atoms with Gasteiger partial charge in [0.05, 0.1) is 0 Å². The van der Waals surface area contributed by atoms with Gasteiger partial charge in [0, 0.05) is 38.7 Å². The quantitative estimate of drug-likeness (QED) is 0.177. The molecule has 0 spiro atoms. The van der Waals surface area contributed by atoms with E-state index in [1.807, 2.05) is 0 Å². The molecule has 2 nitrogen and oxygen atoms in total. The summed E-state index contributed by atoms with van der Waals surface area (Å²) in [6, 6.07) is 66.5. The van der Waals surface area contributed by atoms with Gasteiger partial charge in [-0.2, -0.15) is 0 Å². The van der Waals surface area contributed by atoms with Crippen LogP contribution in [0.25, 0.3) is 55.3 Å². The summed E-state index contributed by atoms with van der Waals surface area (Å²) in [7, 11) is 0. The smallest absolute Gasteiger partial charge is 0.136 e. The summed E-state index contributed by atoms with van der Waals surface area (Å²) in [5.74, 6) is 0. The van der Waals surface area contributed by atoms with Crippen molar-refractivity contribution in [2.24, 2.45) is 0 Å². The van der Waals surface area contributed by atoms with Gasteiger partial charge in [0.1, 0.15) is 11.2 Å². The fourth-order valence-corrected chi connectivity index (χ4v) is 9.69. The van der Waals surface area contributed by atoms with Crippen molar-refractivity contribution >= 4 is 39.0 Å². The van der Waals surface area contributed by atoms with Crippen molar-refractivity contribution in [2.45, 2.75) is 31.6 Å². The Morgan fingerprint density at radius 3 is 1.58 bits per heavy atom. The number of hydrogen-bond acceptors (Lipinski definition) is 2. The zero-order valence-corrected chi connectivity index (χ0v) is 31.2. The lowest BCUT2D eigenvalue weighted by molar-refractivity contribution is 0.660. The van der Waals surface area contributed by atoms with Gasteiger partial charge in [-0.1, -0.05) is 141 Å². The maximum Gasteiger partial charge on any atom is 0.136 e. The molecular weight excluding hydrogens is 667 g/mol. The SMILES string of the molecule is CC1(C)c2ccccc2-c2ccc(N(c3ccccc3)c3ccc(-c4ccc5c(c4)oc4cc(C6(C)c7ccccc7-c7ccccc76)ccc45)cc3)cc21. The van der Waals surface area contributed by atoms with E-state index in [0.717, 1.165) is 50.1 Å². The topological polar surface area (TPSA) is 16.4 Å². The average Bonchev–Trinajstić information content (AvgIpc) is 3.81. The van der Waals surface area contributed by atoms with Gasteiger partial charge >= 0.3 is 0 Å². The third-order valence-corrected chi connectivity index (χ3v) is 12.6. The van der Waals surface area contributed by atoms with E-state index in [1.165, 1.54) is 50.1 Å². The summed E-state index contributed by atoms with van der Waals surface area (Å²) in [5.41, 5.74) is 19.1. The minimum Gasteiger partial charge on any atom is -0.456 e. The molecule has 2 heteroatoms. The van der Waals surface area contributed by atoms with Gasteiger partial charge in [-0.15, -0.1) is 0 Å². The molecule has 0 amide bonds. The van der Waals surface area contributed by atoms with E-state index in [-0.39, 0.29) is 10.8 Å². The van der Waals surface area contributed by atoms with Gasteiger partial charge in [-0.3, -0.25) is 0 Å². The third kappa shape index (κ3) is 4.61. The molecule has 0 saturated carbocycles. The van der Waals surface area contributed by atoms with Crippen molar-refractivity contribution in [2.75, 3.05) is 4.90 Å². The zero-order chi connectivity index (χ0) is 36.9. The predicted molar refractivity (Wildman–Crippen MR) is 229 cm³/mol. The van der Waals surface area contributed by atoms with Crippen molar-refractivity contribution in [3.8, 4) is 33.4 Å². The summed E-state index contributed by atoms with van der Waals surface area (Å²) < 4.78 is 6.68. The molecule has 1 heterocycles. The van der Waals surface area contributed by atoms with E-state index in [4.69, 9.17) is 4.42 Å². The highest BCUT2D eigenvalue weighted by Crippen LogP contribution is 2.53. The van der Waals surface area contributed by atoms with Gasteiger partial charge in [0.2, 0.25) is 0 Å². The fraction of sp³-hybridized carbons (Fsp3) is 0.0943. The van der Waals surface area contributed by atoms with Crippen LogP contribution >= 0.6 is 0 Å². The second-order valence-electron chi connectivity index (χ2n) is 15.9. The molecule has 262 valence electrons. The Morgan fingerprint density at radius 2 is 0.891 bits per heavy atom. The Morgan fingerprint density at radius 1 is 0.382 bits per heavy atom. The van der Waals surface area contributed by atoms with E-state index in [0.29, 0.717) is 0 Å². The second-order valence-corrected chi connectivity index (χ2v) is 15.9. The predicted octanol–water partition coefficient (Wildman–Crippen LogP) is 14.4. The maximum atomic E-state index is 6.68. The van der Waals surface area contributed by atoms with Crippen LogP contribution in [0.1, 0.15) is 48.6 Å². The van der Waals surface area contributed by atoms with E-state index in [9.17, 15) is 0 Å². The number of para-hydroxylation sites is 1. The van der Waals surface area contributed by atoms with Crippen LogP contribution < -0.4 is 4.90 Å². The van der Waals surface area contributed by atoms with E-state index < -0.39 is 0 Å². The maximum absolute atomic E-state index is 6.68. The number of benzene rings is 8. The molecule has 2 aliphatic rings. The molecule has 0 aliphatic heterocycles. The fourth-order valence-electron chi connectivity index (χ4n) is 9.69. The Kier molecular flexibility index (Phi) is 6.76. The number of fused-ring (bicyclic) bond motifs is 9. The first kappa shape index (κ1) is 31.8. The Balaban J connectivity index is 0.953. The minimum atomic E-state index is -0.262.